The summed E-state index contributed by atoms with van der Waals surface area (Å²) in [5.74, 6) is 0.723. The molecule has 1 aromatic carbocycles. The van der Waals surface area contributed by atoms with Crippen LogP contribution in [0.3, 0.4) is 0 Å². The molecule has 2 aromatic rings. The Bertz CT molecular complexity index is 534. The summed E-state index contributed by atoms with van der Waals surface area (Å²) in [5, 5.41) is 15.9. The Morgan fingerprint density at radius 3 is 3.00 bits per heavy atom. The van der Waals surface area contributed by atoms with Gasteiger partial charge in [-0.25, -0.2) is 0 Å². The molecule has 3 rings (SSSR count). The van der Waals surface area contributed by atoms with E-state index in [9.17, 15) is 5.11 Å². The van der Waals surface area contributed by atoms with Crippen molar-refractivity contribution < 1.29 is 5.11 Å². The predicted molar refractivity (Wildman–Crippen MR) is 72.4 cm³/mol. The molecule has 1 heterocycles. The molecule has 0 saturated heterocycles. The number of para-hydroxylation sites is 1. The van der Waals surface area contributed by atoms with Gasteiger partial charge in [-0.1, -0.05) is 31.5 Å². The summed E-state index contributed by atoms with van der Waals surface area (Å²) in [6.07, 6.45) is 5.93. The molecule has 0 bridgehead atoms. The summed E-state index contributed by atoms with van der Waals surface area (Å²) in [6, 6.07) is 8.37. The molecule has 1 N–H and O–H groups in total. The first-order valence-corrected chi connectivity index (χ1v) is 6.90. The van der Waals surface area contributed by atoms with E-state index in [4.69, 9.17) is 0 Å². The quantitative estimate of drug-likeness (QED) is 0.881. The Balaban J connectivity index is 1.97. The smallest absolute Gasteiger partial charge is 0.0787 e. The Morgan fingerprint density at radius 1 is 1.33 bits per heavy atom. The van der Waals surface area contributed by atoms with Crippen molar-refractivity contribution in [3.05, 3.63) is 30.5 Å². The van der Waals surface area contributed by atoms with Crippen LogP contribution in [-0.2, 0) is 0 Å². The minimum atomic E-state index is -0.254. The zero-order valence-corrected chi connectivity index (χ0v) is 10.8. The molecule has 0 radical (unpaired) electrons. The highest BCUT2D eigenvalue weighted by molar-refractivity contribution is 5.78. The van der Waals surface area contributed by atoms with Crippen LogP contribution >= 0.6 is 0 Å². The van der Waals surface area contributed by atoms with Crippen molar-refractivity contribution in [2.75, 3.05) is 0 Å². The standard InChI is InChI=1S/C15H20N2O/c1-2-11-7-8-15(18)14(9-11)17-13-6-4-3-5-12(13)10-16-17/h3-6,10-11,14-15,18H,2,7-9H2,1H3. The van der Waals surface area contributed by atoms with Crippen LogP contribution in [0.4, 0.5) is 0 Å². The molecular formula is C15H20N2O. The van der Waals surface area contributed by atoms with Crippen LogP contribution in [0.15, 0.2) is 30.5 Å². The van der Waals surface area contributed by atoms with Crippen molar-refractivity contribution in [2.24, 2.45) is 5.92 Å². The SMILES string of the molecule is CCC1CCC(O)C(n2ncc3ccccc32)C1. The van der Waals surface area contributed by atoms with E-state index in [-0.39, 0.29) is 12.1 Å². The molecule has 3 nitrogen and oxygen atoms in total. The number of aromatic nitrogens is 2. The van der Waals surface area contributed by atoms with Crippen molar-refractivity contribution in [1.82, 2.24) is 9.78 Å². The maximum atomic E-state index is 10.3. The number of hydrogen-bond donors (Lipinski definition) is 1. The third-order valence-corrected chi connectivity index (χ3v) is 4.29. The lowest BCUT2D eigenvalue weighted by molar-refractivity contribution is 0.0497. The van der Waals surface area contributed by atoms with Gasteiger partial charge in [0.15, 0.2) is 0 Å². The second-order valence-electron chi connectivity index (χ2n) is 5.37. The van der Waals surface area contributed by atoms with Crippen LogP contribution in [0.5, 0.6) is 0 Å². The average Bonchev–Trinajstić information content (AvgIpc) is 2.83. The molecule has 0 amide bonds. The van der Waals surface area contributed by atoms with Crippen LogP contribution in [0.1, 0.15) is 38.6 Å². The van der Waals surface area contributed by atoms with Crippen molar-refractivity contribution >= 4 is 10.9 Å². The maximum absolute atomic E-state index is 10.3. The van der Waals surface area contributed by atoms with E-state index >= 15 is 0 Å². The molecule has 1 aromatic heterocycles. The van der Waals surface area contributed by atoms with Gasteiger partial charge < -0.3 is 5.11 Å². The van der Waals surface area contributed by atoms with Crippen LogP contribution in [-0.4, -0.2) is 21.0 Å². The predicted octanol–water partition coefficient (Wildman–Crippen LogP) is 3.15. The highest BCUT2D eigenvalue weighted by Crippen LogP contribution is 2.35. The molecule has 3 unspecified atom stereocenters. The zero-order valence-electron chi connectivity index (χ0n) is 10.8. The van der Waals surface area contributed by atoms with Gasteiger partial charge in [0, 0.05) is 5.39 Å². The molecule has 3 atom stereocenters. The first-order chi connectivity index (χ1) is 8.79. The number of fused-ring (bicyclic) bond motifs is 1. The van der Waals surface area contributed by atoms with Crippen molar-refractivity contribution in [2.45, 2.75) is 44.8 Å². The van der Waals surface area contributed by atoms with Crippen LogP contribution in [0.2, 0.25) is 0 Å². The zero-order chi connectivity index (χ0) is 12.5. The van der Waals surface area contributed by atoms with Gasteiger partial charge in [0.1, 0.15) is 0 Å². The van der Waals surface area contributed by atoms with E-state index in [1.54, 1.807) is 0 Å². The second kappa shape index (κ2) is 4.73. The third kappa shape index (κ3) is 1.93. The van der Waals surface area contributed by atoms with Crippen molar-refractivity contribution in [3.63, 3.8) is 0 Å². The molecule has 1 aliphatic rings. The lowest BCUT2D eigenvalue weighted by atomic mass is 9.82. The number of aliphatic hydroxyl groups excluding tert-OH is 1. The Labute approximate surface area is 107 Å². The summed E-state index contributed by atoms with van der Waals surface area (Å²) >= 11 is 0. The normalized spacial score (nSPS) is 28.7. The number of benzene rings is 1. The van der Waals surface area contributed by atoms with Gasteiger partial charge in [-0.3, -0.25) is 4.68 Å². The van der Waals surface area contributed by atoms with Crippen LogP contribution < -0.4 is 0 Å². The van der Waals surface area contributed by atoms with Gasteiger partial charge >= 0.3 is 0 Å². The molecule has 1 aliphatic carbocycles. The molecule has 0 aliphatic heterocycles. The minimum Gasteiger partial charge on any atom is -0.391 e. The van der Waals surface area contributed by atoms with Crippen molar-refractivity contribution in [3.8, 4) is 0 Å². The van der Waals surface area contributed by atoms with Gasteiger partial charge in [0.05, 0.1) is 23.9 Å². The molecule has 18 heavy (non-hydrogen) atoms. The monoisotopic (exact) mass is 244 g/mol. The molecule has 96 valence electrons. The van der Waals surface area contributed by atoms with E-state index in [0.29, 0.717) is 0 Å². The number of nitrogens with zero attached hydrogens (tertiary/aromatic N) is 2. The summed E-state index contributed by atoms with van der Waals surface area (Å²) in [4.78, 5) is 0. The summed E-state index contributed by atoms with van der Waals surface area (Å²) in [5.41, 5.74) is 1.14. The fourth-order valence-corrected chi connectivity index (χ4v) is 3.11. The second-order valence-corrected chi connectivity index (χ2v) is 5.37. The molecule has 0 spiro atoms. The fraction of sp³-hybridized carbons (Fsp3) is 0.533. The molecule has 1 saturated carbocycles. The first kappa shape index (κ1) is 11.7. The lowest BCUT2D eigenvalue weighted by Gasteiger charge is -2.33. The highest BCUT2D eigenvalue weighted by Gasteiger charge is 2.30. The Hall–Kier alpha value is -1.35. The minimum absolute atomic E-state index is 0.142. The largest absolute Gasteiger partial charge is 0.391 e. The van der Waals surface area contributed by atoms with Crippen LogP contribution in [0.25, 0.3) is 10.9 Å². The topological polar surface area (TPSA) is 38.0 Å². The summed E-state index contributed by atoms with van der Waals surface area (Å²) < 4.78 is 2.03. The first-order valence-electron chi connectivity index (χ1n) is 6.90. The van der Waals surface area contributed by atoms with E-state index in [0.717, 1.165) is 36.1 Å². The Morgan fingerprint density at radius 2 is 2.17 bits per heavy atom. The van der Waals surface area contributed by atoms with E-state index in [1.807, 2.05) is 23.0 Å². The molecule has 1 fully saturated rings. The number of rotatable bonds is 2. The molecular weight excluding hydrogens is 224 g/mol. The van der Waals surface area contributed by atoms with Gasteiger partial charge in [-0.15, -0.1) is 0 Å². The maximum Gasteiger partial charge on any atom is 0.0787 e. The van der Waals surface area contributed by atoms with Gasteiger partial charge in [0.2, 0.25) is 0 Å². The lowest BCUT2D eigenvalue weighted by Crippen LogP contribution is -2.31. The number of hydrogen-bond acceptors (Lipinski definition) is 2. The van der Waals surface area contributed by atoms with Crippen LogP contribution in [0, 0.1) is 5.92 Å². The highest BCUT2D eigenvalue weighted by atomic mass is 16.3. The van der Waals surface area contributed by atoms with Gasteiger partial charge in [0.25, 0.3) is 0 Å². The fourth-order valence-electron chi connectivity index (χ4n) is 3.11. The van der Waals surface area contributed by atoms with Gasteiger partial charge in [-0.2, -0.15) is 5.10 Å². The van der Waals surface area contributed by atoms with Crippen molar-refractivity contribution in [1.29, 1.82) is 0 Å². The molecule has 3 heteroatoms. The summed E-state index contributed by atoms with van der Waals surface area (Å²) in [7, 11) is 0. The Kier molecular flexibility index (Phi) is 3.08. The average molecular weight is 244 g/mol. The third-order valence-electron chi connectivity index (χ3n) is 4.29. The summed E-state index contributed by atoms with van der Waals surface area (Å²) in [6.45, 7) is 2.24. The van der Waals surface area contributed by atoms with Gasteiger partial charge in [-0.05, 0) is 31.2 Å². The van der Waals surface area contributed by atoms with E-state index in [1.165, 1.54) is 6.42 Å². The van der Waals surface area contributed by atoms with E-state index < -0.39 is 0 Å². The number of aliphatic hydroxyl groups is 1. The van der Waals surface area contributed by atoms with E-state index in [2.05, 4.69) is 24.2 Å².